The van der Waals surface area contributed by atoms with Crippen LogP contribution in [-0.4, -0.2) is 37.9 Å². The quantitative estimate of drug-likeness (QED) is 0.459. The number of halogens is 1. The summed E-state index contributed by atoms with van der Waals surface area (Å²) in [6.07, 6.45) is 6.69. The normalized spacial score (nSPS) is 15.4. The number of carbonyl (C=O) groups excluding carboxylic acids is 2. The molecule has 10 heteroatoms. The lowest BCUT2D eigenvalue weighted by atomic mass is 10.1. The van der Waals surface area contributed by atoms with Gasteiger partial charge in [0.25, 0.3) is 0 Å². The highest BCUT2D eigenvalue weighted by Crippen LogP contribution is 2.26. The number of anilines is 4. The van der Waals surface area contributed by atoms with Gasteiger partial charge in [-0.3, -0.25) is 14.2 Å². The van der Waals surface area contributed by atoms with E-state index in [4.69, 9.17) is 0 Å². The van der Waals surface area contributed by atoms with Crippen LogP contribution in [0.1, 0.15) is 6.42 Å². The molecule has 3 heterocycles. The number of imidazole rings is 1. The van der Waals surface area contributed by atoms with E-state index in [1.165, 1.54) is 35.5 Å². The van der Waals surface area contributed by atoms with E-state index in [-0.39, 0.29) is 30.6 Å². The Morgan fingerprint density at radius 3 is 2.53 bits per heavy atom. The molecule has 0 radical (unpaired) electrons. The molecule has 0 aliphatic carbocycles. The Kier molecular flexibility index (Phi) is 5.69. The molecule has 1 fully saturated rings. The van der Waals surface area contributed by atoms with Gasteiger partial charge in [0.05, 0.1) is 5.92 Å². The van der Waals surface area contributed by atoms with Gasteiger partial charge in [0.1, 0.15) is 30.1 Å². The second kappa shape index (κ2) is 9.10. The molecule has 1 aliphatic heterocycles. The molecule has 0 spiro atoms. The van der Waals surface area contributed by atoms with Crippen molar-refractivity contribution in [2.75, 3.05) is 22.1 Å². The van der Waals surface area contributed by atoms with Crippen LogP contribution in [0.25, 0.3) is 5.82 Å². The van der Waals surface area contributed by atoms with Crippen molar-refractivity contribution in [2.45, 2.75) is 6.42 Å². The van der Waals surface area contributed by atoms with Gasteiger partial charge in [-0.2, -0.15) is 0 Å². The molecule has 4 aromatic rings. The summed E-state index contributed by atoms with van der Waals surface area (Å²) >= 11 is 0. The first kappa shape index (κ1) is 21.3. The minimum Gasteiger partial charge on any atom is -0.340 e. The Bertz CT molecular complexity index is 1310. The average Bonchev–Trinajstić information content (AvgIpc) is 3.52. The molecular weight excluding hydrogens is 437 g/mol. The lowest BCUT2D eigenvalue weighted by molar-refractivity contribution is -0.122. The van der Waals surface area contributed by atoms with Crippen molar-refractivity contribution < 1.29 is 14.0 Å². The van der Waals surface area contributed by atoms with Crippen LogP contribution in [0.15, 0.2) is 79.6 Å². The van der Waals surface area contributed by atoms with E-state index in [9.17, 15) is 14.0 Å². The number of rotatable bonds is 6. The number of nitrogens with zero attached hydrogens (tertiary/aromatic N) is 5. The van der Waals surface area contributed by atoms with Crippen molar-refractivity contribution in [3.8, 4) is 5.82 Å². The number of carbonyl (C=O) groups is 2. The summed E-state index contributed by atoms with van der Waals surface area (Å²) in [4.78, 5) is 39.1. The number of hydrogen-bond donors (Lipinski definition) is 2. The monoisotopic (exact) mass is 457 g/mol. The molecule has 2 amide bonds. The molecule has 2 aromatic carbocycles. The second-order valence-electron chi connectivity index (χ2n) is 7.80. The molecule has 34 heavy (non-hydrogen) atoms. The number of aromatic nitrogens is 4. The highest BCUT2D eigenvalue weighted by molar-refractivity contribution is 6.03. The van der Waals surface area contributed by atoms with Gasteiger partial charge >= 0.3 is 0 Å². The van der Waals surface area contributed by atoms with E-state index in [0.29, 0.717) is 23.0 Å². The minimum absolute atomic E-state index is 0.107. The molecule has 5 rings (SSSR count). The zero-order chi connectivity index (χ0) is 23.5. The van der Waals surface area contributed by atoms with Crippen LogP contribution in [0, 0.1) is 11.7 Å². The highest BCUT2D eigenvalue weighted by atomic mass is 19.1. The third-order valence-corrected chi connectivity index (χ3v) is 5.48. The number of nitrogens with one attached hydrogen (secondary N) is 2. The smallest absolute Gasteiger partial charge is 0.229 e. The first-order valence-corrected chi connectivity index (χ1v) is 10.6. The van der Waals surface area contributed by atoms with Gasteiger partial charge in [-0.25, -0.2) is 19.3 Å². The highest BCUT2D eigenvalue weighted by Gasteiger charge is 2.35. The number of amides is 2. The number of benzene rings is 2. The van der Waals surface area contributed by atoms with Gasteiger partial charge in [0.2, 0.25) is 11.8 Å². The van der Waals surface area contributed by atoms with E-state index < -0.39 is 5.92 Å². The Morgan fingerprint density at radius 1 is 1.03 bits per heavy atom. The van der Waals surface area contributed by atoms with Crippen LogP contribution in [0.5, 0.6) is 0 Å². The van der Waals surface area contributed by atoms with Gasteiger partial charge < -0.3 is 15.5 Å². The van der Waals surface area contributed by atoms with Crippen molar-refractivity contribution in [3.05, 3.63) is 85.5 Å². The fraction of sp³-hybridized carbons (Fsp3) is 0.125. The van der Waals surface area contributed by atoms with Crippen LogP contribution in [0.2, 0.25) is 0 Å². The average molecular weight is 457 g/mol. The van der Waals surface area contributed by atoms with Crippen molar-refractivity contribution in [1.82, 2.24) is 19.5 Å². The van der Waals surface area contributed by atoms with Gasteiger partial charge in [0, 0.05) is 48.5 Å². The van der Waals surface area contributed by atoms with Crippen molar-refractivity contribution >= 4 is 34.7 Å². The number of hydrogen-bond acceptors (Lipinski definition) is 6. The van der Waals surface area contributed by atoms with Crippen molar-refractivity contribution in [3.63, 3.8) is 0 Å². The van der Waals surface area contributed by atoms with Crippen LogP contribution in [0.4, 0.5) is 27.3 Å². The maximum Gasteiger partial charge on any atom is 0.229 e. The van der Waals surface area contributed by atoms with E-state index in [1.54, 1.807) is 41.5 Å². The van der Waals surface area contributed by atoms with Crippen LogP contribution in [-0.2, 0) is 9.59 Å². The molecule has 0 bridgehead atoms. The summed E-state index contributed by atoms with van der Waals surface area (Å²) in [5.74, 6) is 0.0325. The molecule has 1 aliphatic rings. The third-order valence-electron chi connectivity index (χ3n) is 5.48. The van der Waals surface area contributed by atoms with Gasteiger partial charge in [-0.15, -0.1) is 0 Å². The molecular formula is C24H20FN7O2. The summed E-state index contributed by atoms with van der Waals surface area (Å²) in [5, 5.41) is 6.06. The van der Waals surface area contributed by atoms with Crippen LogP contribution < -0.4 is 15.5 Å². The molecule has 2 N–H and O–H groups in total. The summed E-state index contributed by atoms with van der Waals surface area (Å²) in [5.41, 5.74) is 1.98. The first-order chi connectivity index (χ1) is 16.5. The van der Waals surface area contributed by atoms with Crippen LogP contribution in [0.3, 0.4) is 0 Å². The summed E-state index contributed by atoms with van der Waals surface area (Å²) < 4.78 is 14.9. The molecule has 0 saturated carbocycles. The molecule has 170 valence electrons. The predicted molar refractivity (Wildman–Crippen MR) is 124 cm³/mol. The lowest BCUT2D eigenvalue weighted by Crippen LogP contribution is -2.28. The summed E-state index contributed by atoms with van der Waals surface area (Å²) in [7, 11) is 0. The second-order valence-corrected chi connectivity index (χ2v) is 7.80. The first-order valence-electron chi connectivity index (χ1n) is 10.6. The van der Waals surface area contributed by atoms with E-state index >= 15 is 0 Å². The lowest BCUT2D eigenvalue weighted by Gasteiger charge is -2.16. The third kappa shape index (κ3) is 4.60. The summed E-state index contributed by atoms with van der Waals surface area (Å²) in [6.45, 7) is 0.253. The van der Waals surface area contributed by atoms with Gasteiger partial charge in [-0.1, -0.05) is 0 Å². The molecule has 2 aromatic heterocycles. The Morgan fingerprint density at radius 2 is 1.79 bits per heavy atom. The fourth-order valence-electron chi connectivity index (χ4n) is 3.73. The largest absolute Gasteiger partial charge is 0.340 e. The summed E-state index contributed by atoms with van der Waals surface area (Å²) in [6, 6.07) is 14.6. The van der Waals surface area contributed by atoms with Crippen molar-refractivity contribution in [1.29, 1.82) is 0 Å². The zero-order valence-corrected chi connectivity index (χ0v) is 17.9. The van der Waals surface area contributed by atoms with Gasteiger partial charge in [0.15, 0.2) is 0 Å². The predicted octanol–water partition coefficient (Wildman–Crippen LogP) is 3.54. The Balaban J connectivity index is 1.20. The van der Waals surface area contributed by atoms with Crippen molar-refractivity contribution in [2.24, 2.45) is 5.92 Å². The zero-order valence-electron chi connectivity index (χ0n) is 17.9. The SMILES string of the molecule is O=C(Nc1ccc(Nc2cc(-n3ccnc3)ncn2)cc1)[C@H]1CC(=O)N(c2ccc(F)cc2)C1. The maximum atomic E-state index is 13.2. The Labute approximate surface area is 194 Å². The van der Waals surface area contributed by atoms with Crippen LogP contribution >= 0.6 is 0 Å². The van der Waals surface area contributed by atoms with E-state index in [0.717, 1.165) is 5.69 Å². The molecule has 1 saturated heterocycles. The topological polar surface area (TPSA) is 105 Å². The Hall–Kier alpha value is -4.60. The molecule has 0 unspecified atom stereocenters. The van der Waals surface area contributed by atoms with Gasteiger partial charge in [-0.05, 0) is 48.5 Å². The minimum atomic E-state index is -0.488. The maximum absolute atomic E-state index is 13.2. The van der Waals surface area contributed by atoms with E-state index in [2.05, 4.69) is 25.6 Å². The fourth-order valence-corrected chi connectivity index (χ4v) is 3.73. The molecule has 9 nitrogen and oxygen atoms in total. The standard InChI is InChI=1S/C24H20FN7O2/c25-17-1-7-20(8-2-17)32-13-16(11-23(32)33)24(34)30-19-5-3-18(4-6-19)29-21-12-22(28-14-27-21)31-10-9-26-15-31/h1-10,12,14-16H,11,13H2,(H,30,34)(H,27,28,29)/t16-/m0/s1. The molecule has 1 atom stereocenters. The van der Waals surface area contributed by atoms with E-state index in [1.807, 2.05) is 12.1 Å².